The van der Waals surface area contributed by atoms with Crippen molar-refractivity contribution in [1.82, 2.24) is 20.1 Å². The van der Waals surface area contributed by atoms with Crippen LogP contribution in [-0.2, 0) is 0 Å². The Morgan fingerprint density at radius 2 is 2.29 bits per heavy atom. The van der Waals surface area contributed by atoms with Crippen LogP contribution in [0.3, 0.4) is 0 Å². The predicted octanol–water partition coefficient (Wildman–Crippen LogP) is 0.259. The zero-order valence-electron chi connectivity index (χ0n) is 8.45. The summed E-state index contributed by atoms with van der Waals surface area (Å²) in [6.07, 6.45) is 0.920. The molecule has 3 N–H and O–H groups in total. The first kappa shape index (κ1) is 10.5. The zero-order valence-corrected chi connectivity index (χ0v) is 8.45. The van der Waals surface area contributed by atoms with E-state index in [2.05, 4.69) is 15.2 Å². The summed E-state index contributed by atoms with van der Waals surface area (Å²) in [7, 11) is 0. The number of hydrogen-bond acceptors (Lipinski definition) is 4. The molecule has 0 aromatic carbocycles. The molecule has 0 unspecified atom stereocenters. The molecule has 1 aromatic rings. The Morgan fingerprint density at radius 3 is 2.71 bits per heavy atom. The molecule has 14 heavy (non-hydrogen) atoms. The molecule has 0 spiro atoms. The highest BCUT2D eigenvalue weighted by molar-refractivity contribution is 5.90. The van der Waals surface area contributed by atoms with Crippen molar-refractivity contribution >= 4 is 11.9 Å². The average molecular weight is 197 g/mol. The number of carbonyl (C=O) groups excluding carboxylic acids is 1. The Balaban J connectivity index is 2.72. The average Bonchev–Trinajstić information content (AvgIpc) is 2.60. The minimum Gasteiger partial charge on any atom is -0.366 e. The molecule has 0 saturated heterocycles. The lowest BCUT2D eigenvalue weighted by Crippen LogP contribution is -2.32. The van der Waals surface area contributed by atoms with Gasteiger partial charge in [0, 0.05) is 13.1 Å². The molecule has 0 saturated carbocycles. The van der Waals surface area contributed by atoms with Crippen LogP contribution in [0.15, 0.2) is 0 Å². The fraction of sp³-hybridized carbons (Fsp3) is 0.625. The van der Waals surface area contributed by atoms with E-state index in [1.807, 2.05) is 13.8 Å². The van der Waals surface area contributed by atoms with Crippen molar-refractivity contribution in [2.45, 2.75) is 20.3 Å². The lowest BCUT2D eigenvalue weighted by molar-refractivity contribution is 0.0752. The minimum atomic E-state index is -0.154. The van der Waals surface area contributed by atoms with Gasteiger partial charge in [-0.15, -0.1) is 5.10 Å². The zero-order chi connectivity index (χ0) is 10.6. The van der Waals surface area contributed by atoms with Gasteiger partial charge in [0.2, 0.25) is 11.8 Å². The van der Waals surface area contributed by atoms with Crippen LogP contribution in [0.2, 0.25) is 0 Å². The second kappa shape index (κ2) is 4.59. The number of rotatable bonds is 4. The fourth-order valence-corrected chi connectivity index (χ4v) is 1.19. The van der Waals surface area contributed by atoms with Crippen molar-refractivity contribution in [1.29, 1.82) is 0 Å². The molecule has 1 rings (SSSR count). The van der Waals surface area contributed by atoms with Crippen LogP contribution in [0.5, 0.6) is 0 Å². The van der Waals surface area contributed by atoms with E-state index in [4.69, 9.17) is 5.73 Å². The summed E-state index contributed by atoms with van der Waals surface area (Å²) in [5.74, 6) is 0.150. The van der Waals surface area contributed by atoms with Gasteiger partial charge in [-0.1, -0.05) is 6.92 Å². The number of nitrogens with one attached hydrogen (secondary N) is 1. The van der Waals surface area contributed by atoms with Crippen LogP contribution in [0.1, 0.15) is 30.9 Å². The van der Waals surface area contributed by atoms with Crippen LogP contribution in [-0.4, -0.2) is 39.1 Å². The van der Waals surface area contributed by atoms with E-state index in [-0.39, 0.29) is 17.7 Å². The Labute approximate surface area is 82.5 Å². The largest absolute Gasteiger partial charge is 0.366 e. The van der Waals surface area contributed by atoms with Crippen LogP contribution in [0.4, 0.5) is 5.95 Å². The molecule has 1 heterocycles. The van der Waals surface area contributed by atoms with Crippen LogP contribution >= 0.6 is 0 Å². The molecule has 0 aliphatic heterocycles. The first-order chi connectivity index (χ1) is 6.69. The number of carbonyl (C=O) groups is 1. The Hall–Kier alpha value is -1.59. The van der Waals surface area contributed by atoms with Gasteiger partial charge in [-0.25, -0.2) is 0 Å². The molecule has 0 aliphatic rings. The molecule has 6 nitrogen and oxygen atoms in total. The van der Waals surface area contributed by atoms with Gasteiger partial charge in [-0.05, 0) is 13.3 Å². The van der Waals surface area contributed by atoms with Gasteiger partial charge < -0.3 is 10.6 Å². The first-order valence-electron chi connectivity index (χ1n) is 4.66. The summed E-state index contributed by atoms with van der Waals surface area (Å²) in [5.41, 5.74) is 5.31. The molecular weight excluding hydrogens is 182 g/mol. The smallest absolute Gasteiger partial charge is 0.291 e. The molecule has 78 valence electrons. The Kier molecular flexibility index (Phi) is 3.44. The number of amides is 1. The molecule has 0 radical (unpaired) electrons. The molecule has 1 aromatic heterocycles. The number of nitrogen functional groups attached to an aromatic ring is 1. The lowest BCUT2D eigenvalue weighted by atomic mass is 10.4. The second-order valence-electron chi connectivity index (χ2n) is 2.93. The van der Waals surface area contributed by atoms with E-state index in [0.29, 0.717) is 6.54 Å². The molecular formula is C8H15N5O. The third-order valence-corrected chi connectivity index (χ3v) is 1.87. The van der Waals surface area contributed by atoms with Crippen LogP contribution in [0, 0.1) is 0 Å². The number of nitrogens with zero attached hydrogens (tertiary/aromatic N) is 3. The van der Waals surface area contributed by atoms with Crippen molar-refractivity contribution in [2.24, 2.45) is 0 Å². The van der Waals surface area contributed by atoms with Gasteiger partial charge in [-0.2, -0.15) is 4.98 Å². The van der Waals surface area contributed by atoms with Crippen LogP contribution in [0.25, 0.3) is 0 Å². The number of aromatic amines is 1. The van der Waals surface area contributed by atoms with Gasteiger partial charge >= 0.3 is 0 Å². The third kappa shape index (κ3) is 2.21. The molecule has 1 amide bonds. The number of nitrogens with two attached hydrogens (primary N) is 1. The van der Waals surface area contributed by atoms with Crippen molar-refractivity contribution in [3.63, 3.8) is 0 Å². The van der Waals surface area contributed by atoms with E-state index < -0.39 is 0 Å². The van der Waals surface area contributed by atoms with E-state index in [0.717, 1.165) is 13.0 Å². The van der Waals surface area contributed by atoms with E-state index in [9.17, 15) is 4.79 Å². The molecule has 0 atom stereocenters. The monoisotopic (exact) mass is 197 g/mol. The van der Waals surface area contributed by atoms with E-state index in [1.165, 1.54) is 0 Å². The minimum absolute atomic E-state index is 0.0981. The van der Waals surface area contributed by atoms with Gasteiger partial charge in [-0.3, -0.25) is 9.89 Å². The van der Waals surface area contributed by atoms with Gasteiger partial charge in [0.15, 0.2) is 0 Å². The van der Waals surface area contributed by atoms with Crippen molar-refractivity contribution in [3.05, 3.63) is 5.82 Å². The molecule has 0 bridgehead atoms. The van der Waals surface area contributed by atoms with Crippen molar-refractivity contribution < 1.29 is 4.79 Å². The SMILES string of the molecule is CCCN(CC)C(=O)c1nc(N)n[nH]1. The van der Waals surface area contributed by atoms with Crippen molar-refractivity contribution in [2.75, 3.05) is 18.8 Å². The predicted molar refractivity (Wildman–Crippen MR) is 52.7 cm³/mol. The highest BCUT2D eigenvalue weighted by atomic mass is 16.2. The molecule has 0 aliphatic carbocycles. The Bertz CT molecular complexity index is 308. The maximum Gasteiger partial charge on any atom is 0.291 e. The summed E-state index contributed by atoms with van der Waals surface area (Å²) in [6.45, 7) is 5.32. The van der Waals surface area contributed by atoms with E-state index >= 15 is 0 Å². The molecule has 0 fully saturated rings. The summed E-state index contributed by atoms with van der Waals surface area (Å²) < 4.78 is 0. The van der Waals surface area contributed by atoms with Crippen molar-refractivity contribution in [3.8, 4) is 0 Å². The number of aromatic nitrogens is 3. The number of hydrogen-bond donors (Lipinski definition) is 2. The lowest BCUT2D eigenvalue weighted by Gasteiger charge is -2.17. The third-order valence-electron chi connectivity index (χ3n) is 1.87. The van der Waals surface area contributed by atoms with Gasteiger partial charge in [0.25, 0.3) is 5.91 Å². The maximum atomic E-state index is 11.7. The maximum absolute atomic E-state index is 11.7. The number of anilines is 1. The normalized spacial score (nSPS) is 10.1. The fourth-order valence-electron chi connectivity index (χ4n) is 1.19. The Morgan fingerprint density at radius 1 is 1.57 bits per heavy atom. The van der Waals surface area contributed by atoms with Crippen LogP contribution < -0.4 is 5.73 Å². The van der Waals surface area contributed by atoms with Gasteiger partial charge in [0.05, 0.1) is 0 Å². The summed E-state index contributed by atoms with van der Waals surface area (Å²) in [6, 6.07) is 0. The highest BCUT2D eigenvalue weighted by Crippen LogP contribution is 2.01. The van der Waals surface area contributed by atoms with E-state index in [1.54, 1.807) is 4.90 Å². The summed E-state index contributed by atoms with van der Waals surface area (Å²) in [5, 5.41) is 6.11. The van der Waals surface area contributed by atoms with Gasteiger partial charge in [0.1, 0.15) is 0 Å². The first-order valence-corrected chi connectivity index (χ1v) is 4.66. The standard InChI is InChI=1S/C8H15N5O/c1-3-5-13(4-2)7(14)6-10-8(9)12-11-6/h3-5H2,1-2H3,(H3,9,10,11,12). The second-order valence-corrected chi connectivity index (χ2v) is 2.93. The summed E-state index contributed by atoms with van der Waals surface area (Å²) >= 11 is 0. The quantitative estimate of drug-likeness (QED) is 0.724. The topological polar surface area (TPSA) is 87.9 Å². The molecule has 6 heteroatoms. The highest BCUT2D eigenvalue weighted by Gasteiger charge is 2.16. The number of H-pyrrole nitrogens is 1. The summed E-state index contributed by atoms with van der Waals surface area (Å²) in [4.78, 5) is 17.2.